The van der Waals surface area contributed by atoms with Crippen molar-refractivity contribution in [1.82, 2.24) is 15.1 Å². The molecular formula is C21H16F3N3O2. The molecule has 0 atom stereocenters. The van der Waals surface area contributed by atoms with E-state index in [4.69, 9.17) is 4.42 Å². The highest BCUT2D eigenvalue weighted by molar-refractivity contribution is 5.99. The number of benzene rings is 2. The summed E-state index contributed by atoms with van der Waals surface area (Å²) in [6, 6.07) is 7.28. The van der Waals surface area contributed by atoms with Crippen LogP contribution in [0.15, 0.2) is 47.0 Å². The van der Waals surface area contributed by atoms with Crippen molar-refractivity contribution in [2.45, 2.75) is 13.5 Å². The molecule has 8 heteroatoms. The maximum atomic E-state index is 14.2. The summed E-state index contributed by atoms with van der Waals surface area (Å²) < 4.78 is 47.9. The Bertz CT molecular complexity index is 1240. The number of amides is 1. The second-order valence-electron chi connectivity index (χ2n) is 6.66. The van der Waals surface area contributed by atoms with Gasteiger partial charge in [-0.3, -0.25) is 9.48 Å². The standard InChI is InChI=1S/C21H16F3N3O2/c1-11-15-7-12(22)4-6-18(15)29-19(11)9-25-21(28)16-10-27(2)26-20(16)14-5-3-13(23)8-17(14)24/h3-8,10H,9H2,1-2H3,(H,25,28). The molecule has 0 unspecified atom stereocenters. The molecule has 0 aliphatic carbocycles. The van der Waals surface area contributed by atoms with Crippen molar-refractivity contribution in [1.29, 1.82) is 0 Å². The molecule has 0 radical (unpaired) electrons. The third-order valence-electron chi connectivity index (χ3n) is 4.67. The summed E-state index contributed by atoms with van der Waals surface area (Å²) in [5, 5.41) is 7.48. The highest BCUT2D eigenvalue weighted by Crippen LogP contribution is 2.27. The number of hydrogen-bond acceptors (Lipinski definition) is 3. The van der Waals surface area contributed by atoms with Crippen molar-refractivity contribution >= 4 is 16.9 Å². The van der Waals surface area contributed by atoms with Crippen molar-refractivity contribution < 1.29 is 22.4 Å². The van der Waals surface area contributed by atoms with Crippen LogP contribution < -0.4 is 5.32 Å². The number of nitrogens with one attached hydrogen (secondary N) is 1. The molecule has 5 nitrogen and oxygen atoms in total. The second kappa shape index (κ2) is 7.12. The first-order valence-corrected chi connectivity index (χ1v) is 8.78. The Hall–Kier alpha value is -3.55. The molecule has 0 bridgehead atoms. The minimum absolute atomic E-state index is 0.0209. The van der Waals surface area contributed by atoms with Crippen LogP contribution in [0.25, 0.3) is 22.2 Å². The molecule has 0 saturated heterocycles. The van der Waals surface area contributed by atoms with Crippen molar-refractivity contribution in [2.24, 2.45) is 7.05 Å². The number of rotatable bonds is 4. The van der Waals surface area contributed by atoms with Crippen molar-refractivity contribution in [2.75, 3.05) is 0 Å². The average Bonchev–Trinajstić information content (AvgIpc) is 3.20. The van der Waals surface area contributed by atoms with Gasteiger partial charge in [0.05, 0.1) is 12.1 Å². The van der Waals surface area contributed by atoms with E-state index in [1.165, 1.54) is 35.1 Å². The van der Waals surface area contributed by atoms with E-state index in [9.17, 15) is 18.0 Å². The van der Waals surface area contributed by atoms with Gasteiger partial charge in [-0.25, -0.2) is 13.2 Å². The summed E-state index contributed by atoms with van der Waals surface area (Å²) in [5.74, 6) is -1.92. The third kappa shape index (κ3) is 3.49. The smallest absolute Gasteiger partial charge is 0.255 e. The van der Waals surface area contributed by atoms with Crippen LogP contribution in [-0.2, 0) is 13.6 Å². The topological polar surface area (TPSA) is 60.1 Å². The molecule has 2 aromatic heterocycles. The van der Waals surface area contributed by atoms with E-state index >= 15 is 0 Å². The maximum absolute atomic E-state index is 14.2. The number of furan rings is 1. The van der Waals surface area contributed by atoms with E-state index in [1.807, 2.05) is 0 Å². The van der Waals surface area contributed by atoms with Gasteiger partial charge >= 0.3 is 0 Å². The Kier molecular flexibility index (Phi) is 4.62. The largest absolute Gasteiger partial charge is 0.459 e. The van der Waals surface area contributed by atoms with E-state index in [-0.39, 0.29) is 29.2 Å². The zero-order valence-electron chi connectivity index (χ0n) is 15.6. The van der Waals surface area contributed by atoms with Gasteiger partial charge in [0.2, 0.25) is 0 Å². The van der Waals surface area contributed by atoms with Gasteiger partial charge in [-0.1, -0.05) is 0 Å². The van der Waals surface area contributed by atoms with Crippen LogP contribution >= 0.6 is 0 Å². The monoisotopic (exact) mass is 399 g/mol. The van der Waals surface area contributed by atoms with Gasteiger partial charge in [-0.15, -0.1) is 0 Å². The van der Waals surface area contributed by atoms with E-state index < -0.39 is 17.5 Å². The lowest BCUT2D eigenvalue weighted by molar-refractivity contribution is 0.0948. The summed E-state index contributed by atoms with van der Waals surface area (Å²) in [6.07, 6.45) is 1.45. The number of fused-ring (bicyclic) bond motifs is 1. The van der Waals surface area contributed by atoms with Crippen molar-refractivity contribution in [3.8, 4) is 11.3 Å². The van der Waals surface area contributed by atoms with Gasteiger partial charge in [0.1, 0.15) is 34.5 Å². The van der Waals surface area contributed by atoms with Crippen molar-refractivity contribution in [3.63, 3.8) is 0 Å². The highest BCUT2D eigenvalue weighted by Gasteiger charge is 2.21. The molecule has 4 aromatic rings. The van der Waals surface area contributed by atoms with Gasteiger partial charge in [0.25, 0.3) is 5.91 Å². The van der Waals surface area contributed by atoms with Crippen LogP contribution in [0.2, 0.25) is 0 Å². The third-order valence-corrected chi connectivity index (χ3v) is 4.67. The predicted molar refractivity (Wildman–Crippen MR) is 101 cm³/mol. The zero-order valence-corrected chi connectivity index (χ0v) is 15.6. The number of aromatic nitrogens is 2. The fourth-order valence-corrected chi connectivity index (χ4v) is 3.20. The van der Waals surface area contributed by atoms with Gasteiger partial charge in [-0.2, -0.15) is 5.10 Å². The van der Waals surface area contributed by atoms with Crippen LogP contribution in [-0.4, -0.2) is 15.7 Å². The quantitative estimate of drug-likeness (QED) is 0.550. The summed E-state index contributed by atoms with van der Waals surface area (Å²) in [5.41, 5.74) is 1.50. The molecule has 148 valence electrons. The first kappa shape index (κ1) is 18.8. The fraction of sp³-hybridized carbons (Fsp3) is 0.143. The number of halogens is 3. The Labute approximate surface area is 163 Å². The van der Waals surface area contributed by atoms with E-state index in [0.717, 1.165) is 17.7 Å². The Morgan fingerprint density at radius 2 is 1.86 bits per heavy atom. The molecule has 1 amide bonds. The van der Waals surface area contributed by atoms with Crippen LogP contribution in [0.3, 0.4) is 0 Å². The molecule has 0 saturated carbocycles. The van der Waals surface area contributed by atoms with Crippen LogP contribution in [0.4, 0.5) is 13.2 Å². The molecule has 2 aromatic carbocycles. The summed E-state index contributed by atoms with van der Waals surface area (Å²) in [4.78, 5) is 12.7. The minimum atomic E-state index is -0.812. The minimum Gasteiger partial charge on any atom is -0.459 e. The first-order valence-electron chi connectivity index (χ1n) is 8.78. The second-order valence-corrected chi connectivity index (χ2v) is 6.66. The van der Waals surface area contributed by atoms with Crippen molar-refractivity contribution in [3.05, 3.63) is 76.9 Å². The van der Waals surface area contributed by atoms with E-state index in [0.29, 0.717) is 16.7 Å². The molecular weight excluding hydrogens is 383 g/mol. The van der Waals surface area contributed by atoms with Gasteiger partial charge < -0.3 is 9.73 Å². The van der Waals surface area contributed by atoms with Crippen LogP contribution in [0, 0.1) is 24.4 Å². The number of nitrogens with zero attached hydrogens (tertiary/aromatic N) is 2. The molecule has 29 heavy (non-hydrogen) atoms. The van der Waals surface area contributed by atoms with E-state index in [1.54, 1.807) is 14.0 Å². The van der Waals surface area contributed by atoms with Gasteiger partial charge in [0.15, 0.2) is 0 Å². The Balaban J connectivity index is 1.61. The van der Waals surface area contributed by atoms with E-state index in [2.05, 4.69) is 10.4 Å². The molecule has 1 N–H and O–H groups in total. The van der Waals surface area contributed by atoms with Gasteiger partial charge in [-0.05, 0) is 37.3 Å². The number of hydrogen-bond donors (Lipinski definition) is 1. The summed E-state index contributed by atoms with van der Waals surface area (Å²) in [6.45, 7) is 1.83. The first-order chi connectivity index (χ1) is 13.8. The van der Waals surface area contributed by atoms with Gasteiger partial charge in [0, 0.05) is 35.8 Å². The normalized spacial score (nSPS) is 11.2. The fourth-order valence-electron chi connectivity index (χ4n) is 3.20. The molecule has 0 fully saturated rings. The number of carbonyl (C=O) groups excluding carboxylic acids is 1. The molecule has 0 aliphatic heterocycles. The molecule has 0 aliphatic rings. The predicted octanol–water partition coefficient (Wildman–Crippen LogP) is 4.49. The number of aryl methyl sites for hydroxylation is 2. The zero-order chi connectivity index (χ0) is 20.7. The SMILES string of the molecule is Cc1c(CNC(=O)c2cn(C)nc2-c2ccc(F)cc2F)oc2ccc(F)cc12. The van der Waals surface area contributed by atoms with Crippen LogP contribution in [0.5, 0.6) is 0 Å². The molecule has 4 rings (SSSR count). The molecule has 2 heterocycles. The summed E-state index contributed by atoms with van der Waals surface area (Å²) in [7, 11) is 1.60. The average molecular weight is 399 g/mol. The number of carbonyl (C=O) groups is 1. The van der Waals surface area contributed by atoms with Crippen LogP contribution in [0.1, 0.15) is 21.7 Å². The highest BCUT2D eigenvalue weighted by atomic mass is 19.1. The molecule has 0 spiro atoms. The maximum Gasteiger partial charge on any atom is 0.255 e. The Morgan fingerprint density at radius 3 is 2.62 bits per heavy atom. The lowest BCUT2D eigenvalue weighted by Crippen LogP contribution is -2.23. The lowest BCUT2D eigenvalue weighted by Gasteiger charge is -2.06. The Morgan fingerprint density at radius 1 is 1.14 bits per heavy atom. The lowest BCUT2D eigenvalue weighted by atomic mass is 10.1. The summed E-state index contributed by atoms with van der Waals surface area (Å²) >= 11 is 0.